The number of para-hydroxylation sites is 1. The Balaban J connectivity index is 1.84. The van der Waals surface area contributed by atoms with Gasteiger partial charge in [0.2, 0.25) is 0 Å². The van der Waals surface area contributed by atoms with E-state index in [1.165, 1.54) is 12.1 Å². The summed E-state index contributed by atoms with van der Waals surface area (Å²) in [6.07, 6.45) is 3.75. The normalized spacial score (nSPS) is 22.6. The molecule has 0 spiro atoms. The van der Waals surface area contributed by atoms with Gasteiger partial charge < -0.3 is 19.8 Å². The maximum absolute atomic E-state index is 12.4. The van der Waals surface area contributed by atoms with Crippen LogP contribution in [0.15, 0.2) is 48.5 Å². The highest BCUT2D eigenvalue weighted by molar-refractivity contribution is 5.93. The lowest BCUT2D eigenvalue weighted by Gasteiger charge is -2.41. The predicted octanol–water partition coefficient (Wildman–Crippen LogP) is 3.55. The molecule has 0 saturated heterocycles. The minimum atomic E-state index is -0.931. The number of nitrogens with zero attached hydrogens (tertiary/aromatic N) is 1. The van der Waals surface area contributed by atoms with Crippen LogP contribution in [0, 0.1) is 5.92 Å². The molecule has 144 valence electrons. The van der Waals surface area contributed by atoms with Gasteiger partial charge in [-0.3, -0.25) is 0 Å². The van der Waals surface area contributed by atoms with Gasteiger partial charge in [-0.05, 0) is 56.8 Å². The van der Waals surface area contributed by atoms with Gasteiger partial charge in [0.25, 0.3) is 0 Å². The molecule has 1 fully saturated rings. The van der Waals surface area contributed by atoms with Crippen molar-refractivity contribution >= 4 is 5.97 Å². The second-order valence-corrected chi connectivity index (χ2v) is 7.56. The number of hydrogen-bond acceptors (Lipinski definition) is 5. The van der Waals surface area contributed by atoms with E-state index in [2.05, 4.69) is 4.90 Å². The van der Waals surface area contributed by atoms with E-state index in [-0.39, 0.29) is 17.2 Å². The number of phenols is 1. The van der Waals surface area contributed by atoms with Gasteiger partial charge in [0, 0.05) is 12.5 Å². The van der Waals surface area contributed by atoms with Crippen LogP contribution in [-0.2, 0) is 5.60 Å². The van der Waals surface area contributed by atoms with Crippen molar-refractivity contribution in [2.45, 2.75) is 31.3 Å². The van der Waals surface area contributed by atoms with Crippen molar-refractivity contribution < 1.29 is 19.7 Å². The molecule has 0 aromatic heterocycles. The Morgan fingerprint density at radius 2 is 1.96 bits per heavy atom. The molecule has 27 heavy (non-hydrogen) atoms. The number of hydrogen-bond donors (Lipinski definition) is 2. The van der Waals surface area contributed by atoms with E-state index >= 15 is 0 Å². The van der Waals surface area contributed by atoms with Crippen LogP contribution in [0.4, 0.5) is 0 Å². The largest absolute Gasteiger partial charge is 0.507 e. The fourth-order valence-electron chi connectivity index (χ4n) is 3.93. The van der Waals surface area contributed by atoms with Crippen LogP contribution >= 0.6 is 0 Å². The van der Waals surface area contributed by atoms with Crippen LogP contribution in [0.1, 0.15) is 41.6 Å². The Hall–Kier alpha value is -2.37. The van der Waals surface area contributed by atoms with Gasteiger partial charge in [-0.15, -0.1) is 0 Å². The van der Waals surface area contributed by atoms with E-state index in [9.17, 15) is 15.0 Å². The molecule has 0 unspecified atom stereocenters. The van der Waals surface area contributed by atoms with Crippen LogP contribution in [-0.4, -0.2) is 41.7 Å². The summed E-state index contributed by atoms with van der Waals surface area (Å²) in [5, 5.41) is 21.3. The molecule has 0 radical (unpaired) electrons. The van der Waals surface area contributed by atoms with Crippen LogP contribution in [0.2, 0.25) is 0 Å². The zero-order chi connectivity index (χ0) is 19.4. The van der Waals surface area contributed by atoms with Crippen molar-refractivity contribution in [3.8, 4) is 11.5 Å². The summed E-state index contributed by atoms with van der Waals surface area (Å²) in [6.45, 7) is 0.804. The summed E-state index contributed by atoms with van der Waals surface area (Å²) >= 11 is 0. The van der Waals surface area contributed by atoms with Crippen LogP contribution in [0.25, 0.3) is 0 Å². The number of carbonyl (C=O) groups excluding carboxylic acids is 1. The number of ether oxygens (including phenoxy) is 1. The summed E-state index contributed by atoms with van der Waals surface area (Å²) in [5.74, 6) is -0.241. The van der Waals surface area contributed by atoms with E-state index in [0.29, 0.717) is 12.2 Å². The number of rotatable bonds is 5. The molecule has 1 aliphatic carbocycles. The first-order chi connectivity index (χ1) is 12.9. The van der Waals surface area contributed by atoms with E-state index in [1.54, 1.807) is 30.3 Å². The van der Waals surface area contributed by atoms with Crippen molar-refractivity contribution in [2.75, 3.05) is 20.6 Å². The molecule has 0 bridgehead atoms. The molecule has 0 amide bonds. The van der Waals surface area contributed by atoms with Crippen molar-refractivity contribution in [3.05, 3.63) is 59.7 Å². The smallest absolute Gasteiger partial charge is 0.347 e. The van der Waals surface area contributed by atoms with Crippen molar-refractivity contribution in [1.82, 2.24) is 4.90 Å². The molecule has 2 atom stereocenters. The molecule has 0 aliphatic heterocycles. The molecular formula is C22H27NO4. The van der Waals surface area contributed by atoms with Gasteiger partial charge in [0.15, 0.2) is 0 Å². The second kappa shape index (κ2) is 8.11. The first-order valence-electron chi connectivity index (χ1n) is 9.38. The summed E-state index contributed by atoms with van der Waals surface area (Å²) in [5.41, 5.74) is -0.0405. The van der Waals surface area contributed by atoms with Crippen molar-refractivity contribution in [3.63, 3.8) is 0 Å². The molecule has 5 nitrogen and oxygen atoms in total. The van der Waals surface area contributed by atoms with E-state index < -0.39 is 11.6 Å². The molecule has 1 aliphatic rings. The lowest BCUT2D eigenvalue weighted by Crippen LogP contribution is -2.43. The maximum atomic E-state index is 12.4. The zero-order valence-electron chi connectivity index (χ0n) is 15.9. The third kappa shape index (κ3) is 4.31. The standard InChI is InChI=1S/C22H27NO4/c1-23(2)15-17-8-5-6-13-22(17,26)16-9-7-10-18(14-16)27-21(25)19-11-3-4-12-20(19)24/h3-4,7,9-12,14,17,24,26H,5-6,8,13,15H2,1-2H3/t17-,22+/m1/s1. The highest BCUT2D eigenvalue weighted by Crippen LogP contribution is 2.42. The molecule has 5 heteroatoms. The number of benzene rings is 2. The number of aliphatic hydroxyl groups is 1. The van der Waals surface area contributed by atoms with E-state index in [4.69, 9.17) is 4.74 Å². The van der Waals surface area contributed by atoms with Gasteiger partial charge >= 0.3 is 5.97 Å². The highest BCUT2D eigenvalue weighted by Gasteiger charge is 2.40. The van der Waals surface area contributed by atoms with Gasteiger partial charge in [-0.2, -0.15) is 0 Å². The zero-order valence-corrected chi connectivity index (χ0v) is 15.9. The minimum absolute atomic E-state index is 0.115. The lowest BCUT2D eigenvalue weighted by molar-refractivity contribution is -0.0619. The Kier molecular flexibility index (Phi) is 5.82. The van der Waals surface area contributed by atoms with Crippen molar-refractivity contribution in [2.24, 2.45) is 5.92 Å². The van der Waals surface area contributed by atoms with Crippen LogP contribution in [0.3, 0.4) is 0 Å². The number of phenolic OH excluding ortho intramolecular Hbond substituents is 1. The fourth-order valence-corrected chi connectivity index (χ4v) is 3.93. The Morgan fingerprint density at radius 1 is 1.19 bits per heavy atom. The van der Waals surface area contributed by atoms with Gasteiger partial charge in [-0.1, -0.05) is 37.1 Å². The number of carbonyl (C=O) groups is 1. The SMILES string of the molecule is CN(C)C[C@H]1CCCC[C@]1(O)c1cccc(OC(=O)c2ccccc2O)c1. The van der Waals surface area contributed by atoms with E-state index in [1.807, 2.05) is 20.2 Å². The summed E-state index contributed by atoms with van der Waals surface area (Å²) in [6, 6.07) is 13.4. The third-order valence-electron chi connectivity index (χ3n) is 5.29. The molecule has 0 heterocycles. The maximum Gasteiger partial charge on any atom is 0.347 e. The topological polar surface area (TPSA) is 70.0 Å². The molecule has 1 saturated carbocycles. The van der Waals surface area contributed by atoms with Gasteiger partial charge in [0.1, 0.15) is 17.1 Å². The van der Waals surface area contributed by atoms with Crippen molar-refractivity contribution in [1.29, 1.82) is 0 Å². The Bertz CT molecular complexity index is 804. The average molecular weight is 369 g/mol. The Morgan fingerprint density at radius 3 is 2.70 bits per heavy atom. The third-order valence-corrected chi connectivity index (χ3v) is 5.29. The van der Waals surface area contributed by atoms with Crippen LogP contribution in [0.5, 0.6) is 11.5 Å². The molecular weight excluding hydrogens is 342 g/mol. The summed E-state index contributed by atoms with van der Waals surface area (Å²) in [4.78, 5) is 14.5. The monoisotopic (exact) mass is 369 g/mol. The number of aromatic hydroxyl groups is 1. The first kappa shape index (κ1) is 19.4. The minimum Gasteiger partial charge on any atom is -0.507 e. The fraction of sp³-hybridized carbons (Fsp3) is 0.409. The Labute approximate surface area is 160 Å². The summed E-state index contributed by atoms with van der Waals surface area (Å²) in [7, 11) is 4.03. The average Bonchev–Trinajstić information content (AvgIpc) is 2.64. The van der Waals surface area contributed by atoms with E-state index in [0.717, 1.165) is 31.4 Å². The quantitative estimate of drug-likeness (QED) is 0.623. The van der Waals surface area contributed by atoms with Gasteiger partial charge in [-0.25, -0.2) is 4.79 Å². The molecule has 2 aromatic rings. The number of esters is 1. The van der Waals surface area contributed by atoms with Crippen LogP contribution < -0.4 is 4.74 Å². The molecule has 3 rings (SSSR count). The summed E-state index contributed by atoms with van der Waals surface area (Å²) < 4.78 is 5.45. The first-order valence-corrected chi connectivity index (χ1v) is 9.38. The highest BCUT2D eigenvalue weighted by atomic mass is 16.5. The lowest BCUT2D eigenvalue weighted by atomic mass is 9.71. The van der Waals surface area contributed by atoms with Gasteiger partial charge in [0.05, 0.1) is 5.60 Å². The predicted molar refractivity (Wildman–Crippen MR) is 104 cm³/mol. The molecule has 2 aromatic carbocycles. The second-order valence-electron chi connectivity index (χ2n) is 7.56. The molecule has 2 N–H and O–H groups in total.